The van der Waals surface area contributed by atoms with Gasteiger partial charge >= 0.3 is 5.69 Å². The highest BCUT2D eigenvalue weighted by atomic mass is 16.2. The molecule has 118 valence electrons. The van der Waals surface area contributed by atoms with Crippen LogP contribution in [0.4, 0.5) is 5.95 Å². The van der Waals surface area contributed by atoms with Gasteiger partial charge < -0.3 is 4.98 Å². The lowest BCUT2D eigenvalue weighted by Crippen LogP contribution is -2.36. The molecule has 0 amide bonds. The summed E-state index contributed by atoms with van der Waals surface area (Å²) in [6.45, 7) is 2.97. The summed E-state index contributed by atoms with van der Waals surface area (Å²) < 4.78 is 2.35. The van der Waals surface area contributed by atoms with Gasteiger partial charge in [-0.2, -0.15) is 4.98 Å². The second-order valence-corrected chi connectivity index (χ2v) is 5.66. The first-order valence-electron chi connectivity index (χ1n) is 7.33. The molecule has 0 spiro atoms. The molecule has 1 fully saturated rings. The summed E-state index contributed by atoms with van der Waals surface area (Å²) >= 11 is 0. The molecule has 3 heterocycles. The third-order valence-electron chi connectivity index (χ3n) is 4.10. The highest BCUT2D eigenvalue weighted by Gasteiger charge is 2.17. The Balaban J connectivity index is 1.99. The molecule has 1 aliphatic rings. The molecule has 1 aliphatic heterocycles. The van der Waals surface area contributed by atoms with Crippen molar-refractivity contribution in [1.29, 1.82) is 0 Å². The average Bonchev–Trinajstić information content (AvgIpc) is 2.94. The number of nitrogens with zero attached hydrogens (tertiary/aromatic N) is 6. The van der Waals surface area contributed by atoms with E-state index in [0.717, 1.165) is 24.0 Å². The Morgan fingerprint density at radius 3 is 2.73 bits per heavy atom. The zero-order chi connectivity index (χ0) is 15.9. The predicted molar refractivity (Wildman–Crippen MR) is 81.1 cm³/mol. The second kappa shape index (κ2) is 5.39. The van der Waals surface area contributed by atoms with Crippen molar-refractivity contribution in [2.75, 3.05) is 6.54 Å². The number of imidazole rings is 1. The number of H-pyrrole nitrogens is 1. The lowest BCUT2D eigenvalue weighted by Gasteiger charge is -2.29. The van der Waals surface area contributed by atoms with Gasteiger partial charge in [-0.3, -0.25) is 18.9 Å². The first-order chi connectivity index (χ1) is 10.5. The first-order valence-corrected chi connectivity index (χ1v) is 7.33. The molecule has 2 aromatic heterocycles. The molecule has 1 saturated heterocycles. The molecule has 0 saturated carbocycles. The Labute approximate surface area is 126 Å². The predicted octanol–water partition coefficient (Wildman–Crippen LogP) is 0.833. The van der Waals surface area contributed by atoms with Crippen molar-refractivity contribution in [3.05, 3.63) is 20.8 Å². The molecule has 0 radical (unpaired) electrons. The van der Waals surface area contributed by atoms with Crippen LogP contribution in [-0.2, 0) is 14.1 Å². The van der Waals surface area contributed by atoms with Crippen LogP contribution < -0.4 is 11.2 Å². The third kappa shape index (κ3) is 2.32. The lowest BCUT2D eigenvalue weighted by molar-refractivity contribution is 0.155. The van der Waals surface area contributed by atoms with Gasteiger partial charge in [-0.15, -0.1) is 0 Å². The molecule has 9 nitrogen and oxygen atoms in total. The van der Waals surface area contributed by atoms with Gasteiger partial charge in [0.05, 0.1) is 0 Å². The van der Waals surface area contributed by atoms with Crippen LogP contribution in [0.15, 0.2) is 19.9 Å². The van der Waals surface area contributed by atoms with Crippen LogP contribution >= 0.6 is 0 Å². The van der Waals surface area contributed by atoms with Crippen LogP contribution in [0.25, 0.3) is 11.2 Å². The number of nitrogens with one attached hydrogen (secondary N) is 1. The maximum Gasteiger partial charge on any atom is 0.332 e. The number of aromatic nitrogens is 4. The monoisotopic (exact) mass is 305 g/mol. The van der Waals surface area contributed by atoms with E-state index in [1.807, 2.05) is 5.01 Å². The molecule has 9 heteroatoms. The summed E-state index contributed by atoms with van der Waals surface area (Å²) in [5.74, 6) is 0.228. The van der Waals surface area contributed by atoms with Gasteiger partial charge in [0.1, 0.15) is 0 Å². The fourth-order valence-electron chi connectivity index (χ4n) is 2.68. The fourth-order valence-corrected chi connectivity index (χ4v) is 2.68. The zero-order valence-corrected chi connectivity index (χ0v) is 12.9. The Kier molecular flexibility index (Phi) is 3.55. The number of fused-ring (bicyclic) bond motifs is 1. The van der Waals surface area contributed by atoms with Gasteiger partial charge in [-0.1, -0.05) is 10.3 Å². The summed E-state index contributed by atoms with van der Waals surface area (Å²) in [5, 5.41) is 10.2. The van der Waals surface area contributed by atoms with E-state index in [1.54, 1.807) is 7.05 Å². The van der Waals surface area contributed by atoms with E-state index >= 15 is 0 Å². The minimum atomic E-state index is -0.419. The van der Waals surface area contributed by atoms with Crippen molar-refractivity contribution in [1.82, 2.24) is 24.1 Å². The number of aromatic amines is 1. The van der Waals surface area contributed by atoms with Crippen molar-refractivity contribution in [3.8, 4) is 0 Å². The van der Waals surface area contributed by atoms with Gasteiger partial charge in [-0.05, 0) is 26.2 Å². The minimum absolute atomic E-state index is 0.228. The van der Waals surface area contributed by atoms with E-state index in [1.165, 1.54) is 18.0 Å². The first kappa shape index (κ1) is 14.5. The van der Waals surface area contributed by atoms with Gasteiger partial charge in [0.2, 0.25) is 0 Å². The van der Waals surface area contributed by atoms with Crippen LogP contribution in [-0.4, -0.2) is 36.7 Å². The molecule has 1 N–H and O–H groups in total. The number of hydrogen-bond acceptors (Lipinski definition) is 5. The second-order valence-electron chi connectivity index (χ2n) is 5.66. The van der Waals surface area contributed by atoms with E-state index in [-0.39, 0.29) is 17.1 Å². The smallest absolute Gasteiger partial charge is 0.315 e. The van der Waals surface area contributed by atoms with E-state index in [9.17, 15) is 9.59 Å². The van der Waals surface area contributed by atoms with E-state index < -0.39 is 11.2 Å². The van der Waals surface area contributed by atoms with E-state index in [2.05, 4.69) is 27.2 Å². The summed E-state index contributed by atoms with van der Waals surface area (Å²) in [4.78, 5) is 31.0. The SMILES string of the molecule is C[C@H]1CCCCN1N=Nc1nc2c([nH]1)c(=O)n(C)c(=O)n2C. The molecule has 0 unspecified atom stereocenters. The number of aryl methyl sites for hydroxylation is 1. The summed E-state index contributed by atoms with van der Waals surface area (Å²) in [5.41, 5.74) is -0.297. The largest absolute Gasteiger partial charge is 0.332 e. The zero-order valence-electron chi connectivity index (χ0n) is 12.9. The maximum absolute atomic E-state index is 12.1. The number of hydrogen-bond donors (Lipinski definition) is 1. The Morgan fingerprint density at radius 2 is 2.00 bits per heavy atom. The lowest BCUT2D eigenvalue weighted by atomic mass is 10.1. The highest BCUT2D eigenvalue weighted by molar-refractivity contribution is 5.71. The Morgan fingerprint density at radius 1 is 1.23 bits per heavy atom. The number of piperidine rings is 1. The topological polar surface area (TPSA) is 101 Å². The third-order valence-corrected chi connectivity index (χ3v) is 4.10. The van der Waals surface area contributed by atoms with Crippen molar-refractivity contribution in [2.24, 2.45) is 24.4 Å². The summed E-state index contributed by atoms with van der Waals surface area (Å²) in [6.07, 6.45) is 3.39. The van der Waals surface area contributed by atoms with Crippen LogP contribution in [0.3, 0.4) is 0 Å². The van der Waals surface area contributed by atoms with Crippen molar-refractivity contribution in [2.45, 2.75) is 32.2 Å². The molecule has 2 aromatic rings. The molecular weight excluding hydrogens is 286 g/mol. The standard InChI is InChI=1S/C13H19N7O2/c1-8-6-4-5-7-20(8)17-16-12-14-9-10(15-12)18(2)13(22)19(3)11(9)21/h8H,4-7H2,1-3H3,(H,14,15)/t8-/m0/s1. The quantitative estimate of drug-likeness (QED) is 0.830. The molecule has 1 atom stereocenters. The van der Waals surface area contributed by atoms with Gasteiger partial charge in [0, 0.05) is 26.7 Å². The van der Waals surface area contributed by atoms with E-state index in [0.29, 0.717) is 6.04 Å². The van der Waals surface area contributed by atoms with Gasteiger partial charge in [0.25, 0.3) is 11.5 Å². The van der Waals surface area contributed by atoms with Crippen LogP contribution in [0.2, 0.25) is 0 Å². The summed E-state index contributed by atoms with van der Waals surface area (Å²) in [7, 11) is 3.00. The Bertz CT molecular complexity index is 844. The Hall–Kier alpha value is -2.45. The summed E-state index contributed by atoms with van der Waals surface area (Å²) in [6, 6.07) is 0.346. The minimum Gasteiger partial charge on any atom is -0.315 e. The van der Waals surface area contributed by atoms with Crippen LogP contribution in [0, 0.1) is 0 Å². The highest BCUT2D eigenvalue weighted by Crippen LogP contribution is 2.18. The molecule has 0 aliphatic carbocycles. The van der Waals surface area contributed by atoms with Crippen molar-refractivity contribution < 1.29 is 0 Å². The molecule has 22 heavy (non-hydrogen) atoms. The molecular formula is C13H19N7O2. The van der Waals surface area contributed by atoms with Gasteiger partial charge in [0.15, 0.2) is 11.2 Å². The average molecular weight is 305 g/mol. The van der Waals surface area contributed by atoms with Gasteiger partial charge in [-0.25, -0.2) is 4.79 Å². The van der Waals surface area contributed by atoms with Crippen molar-refractivity contribution >= 4 is 17.1 Å². The number of rotatable bonds is 2. The van der Waals surface area contributed by atoms with Crippen LogP contribution in [0.5, 0.6) is 0 Å². The van der Waals surface area contributed by atoms with Crippen LogP contribution in [0.1, 0.15) is 26.2 Å². The maximum atomic E-state index is 12.1. The molecule has 3 rings (SSSR count). The van der Waals surface area contributed by atoms with E-state index in [4.69, 9.17) is 0 Å². The normalized spacial score (nSPS) is 19.4. The fraction of sp³-hybridized carbons (Fsp3) is 0.615. The molecule has 0 bridgehead atoms. The van der Waals surface area contributed by atoms with Crippen molar-refractivity contribution in [3.63, 3.8) is 0 Å². The molecule has 0 aromatic carbocycles.